The number of ether oxygens (including phenoxy) is 1. The first kappa shape index (κ1) is 16.8. The number of piperazine rings is 1. The number of nitro benzene ring substituents is 1. The zero-order valence-corrected chi connectivity index (χ0v) is 12.7. The standard InChI is InChI=1S/C15H23N3O4/c19-9-11-22-10-8-16-4-6-17(7-5-16)13-14-2-1-3-15(12-14)18(20)21/h1-3,12,19H,4-11,13H2. The van der Waals surface area contributed by atoms with Gasteiger partial charge in [0.05, 0.1) is 24.7 Å². The maximum absolute atomic E-state index is 10.8. The number of hydrogen-bond donors (Lipinski definition) is 1. The van der Waals surface area contributed by atoms with Crippen molar-refractivity contribution in [2.24, 2.45) is 0 Å². The summed E-state index contributed by atoms with van der Waals surface area (Å²) in [7, 11) is 0. The summed E-state index contributed by atoms with van der Waals surface area (Å²) < 4.78 is 5.27. The van der Waals surface area contributed by atoms with Crippen molar-refractivity contribution in [1.29, 1.82) is 0 Å². The summed E-state index contributed by atoms with van der Waals surface area (Å²) in [6.45, 7) is 6.57. The second-order valence-electron chi connectivity index (χ2n) is 5.38. The lowest BCUT2D eigenvalue weighted by atomic mass is 10.1. The van der Waals surface area contributed by atoms with Gasteiger partial charge in [-0.1, -0.05) is 12.1 Å². The largest absolute Gasteiger partial charge is 0.394 e. The molecule has 0 aromatic heterocycles. The van der Waals surface area contributed by atoms with E-state index in [1.165, 1.54) is 6.07 Å². The summed E-state index contributed by atoms with van der Waals surface area (Å²) in [6, 6.07) is 6.84. The number of aliphatic hydroxyl groups is 1. The SMILES string of the molecule is O=[N+]([O-])c1cccc(CN2CCN(CCOCCO)CC2)c1. The molecular formula is C15H23N3O4. The van der Waals surface area contributed by atoms with Crippen molar-refractivity contribution in [2.75, 3.05) is 52.5 Å². The van der Waals surface area contributed by atoms with Gasteiger partial charge in [-0.3, -0.25) is 19.9 Å². The summed E-state index contributed by atoms with van der Waals surface area (Å²) in [4.78, 5) is 15.1. The van der Waals surface area contributed by atoms with Crippen LogP contribution in [-0.2, 0) is 11.3 Å². The van der Waals surface area contributed by atoms with Crippen molar-refractivity contribution >= 4 is 5.69 Å². The van der Waals surface area contributed by atoms with Gasteiger partial charge >= 0.3 is 0 Å². The molecule has 0 aliphatic carbocycles. The Morgan fingerprint density at radius 3 is 2.59 bits per heavy atom. The van der Waals surface area contributed by atoms with E-state index in [0.717, 1.165) is 44.8 Å². The monoisotopic (exact) mass is 309 g/mol. The fourth-order valence-electron chi connectivity index (χ4n) is 2.56. The highest BCUT2D eigenvalue weighted by atomic mass is 16.6. The van der Waals surface area contributed by atoms with Crippen LogP contribution in [0.4, 0.5) is 5.69 Å². The average molecular weight is 309 g/mol. The molecule has 0 atom stereocenters. The first-order valence-corrected chi connectivity index (χ1v) is 7.55. The van der Waals surface area contributed by atoms with Gasteiger partial charge in [-0.15, -0.1) is 0 Å². The Balaban J connectivity index is 1.73. The number of rotatable bonds is 8. The van der Waals surface area contributed by atoms with E-state index in [0.29, 0.717) is 13.2 Å². The Morgan fingerprint density at radius 2 is 1.91 bits per heavy atom. The van der Waals surface area contributed by atoms with Gasteiger partial charge in [-0.25, -0.2) is 0 Å². The van der Waals surface area contributed by atoms with Gasteiger partial charge in [0, 0.05) is 51.4 Å². The van der Waals surface area contributed by atoms with Crippen LogP contribution in [0, 0.1) is 10.1 Å². The first-order chi connectivity index (χ1) is 10.7. The Kier molecular flexibility index (Phi) is 6.73. The molecule has 1 aromatic rings. The second kappa shape index (κ2) is 8.79. The molecule has 0 radical (unpaired) electrons. The Hall–Kier alpha value is -1.54. The number of non-ortho nitro benzene ring substituents is 1. The Morgan fingerprint density at radius 1 is 1.18 bits per heavy atom. The third-order valence-corrected chi connectivity index (χ3v) is 3.78. The second-order valence-corrected chi connectivity index (χ2v) is 5.38. The van der Waals surface area contributed by atoms with Crippen LogP contribution in [-0.4, -0.2) is 72.4 Å². The van der Waals surface area contributed by atoms with Crippen molar-refractivity contribution in [1.82, 2.24) is 9.80 Å². The summed E-state index contributed by atoms with van der Waals surface area (Å²) in [5.41, 5.74) is 1.13. The minimum atomic E-state index is -0.353. The molecule has 1 heterocycles. The molecule has 2 rings (SSSR count). The molecule has 0 spiro atoms. The predicted molar refractivity (Wildman–Crippen MR) is 82.7 cm³/mol. The highest BCUT2D eigenvalue weighted by molar-refractivity contribution is 5.34. The molecular weight excluding hydrogens is 286 g/mol. The summed E-state index contributed by atoms with van der Waals surface area (Å²) in [5, 5.41) is 19.4. The van der Waals surface area contributed by atoms with Crippen molar-refractivity contribution < 1.29 is 14.8 Å². The van der Waals surface area contributed by atoms with E-state index in [9.17, 15) is 10.1 Å². The molecule has 122 valence electrons. The van der Waals surface area contributed by atoms with E-state index in [1.54, 1.807) is 12.1 Å². The van der Waals surface area contributed by atoms with Gasteiger partial charge in [0.25, 0.3) is 5.69 Å². The van der Waals surface area contributed by atoms with Gasteiger partial charge in [0.15, 0.2) is 0 Å². The van der Waals surface area contributed by atoms with Crippen LogP contribution in [0.5, 0.6) is 0 Å². The summed E-state index contributed by atoms with van der Waals surface area (Å²) in [5.74, 6) is 0. The van der Waals surface area contributed by atoms with Crippen molar-refractivity contribution in [3.05, 3.63) is 39.9 Å². The molecule has 1 saturated heterocycles. The number of nitro groups is 1. The minimum absolute atomic E-state index is 0.0665. The highest BCUT2D eigenvalue weighted by Gasteiger charge is 2.17. The van der Waals surface area contributed by atoms with Crippen LogP contribution in [0.2, 0.25) is 0 Å². The van der Waals surface area contributed by atoms with Crippen LogP contribution < -0.4 is 0 Å². The number of aliphatic hydroxyl groups excluding tert-OH is 1. The number of hydrogen-bond acceptors (Lipinski definition) is 6. The lowest BCUT2D eigenvalue weighted by Crippen LogP contribution is -2.46. The van der Waals surface area contributed by atoms with Crippen LogP contribution in [0.15, 0.2) is 24.3 Å². The van der Waals surface area contributed by atoms with E-state index < -0.39 is 0 Å². The average Bonchev–Trinajstić information content (AvgIpc) is 2.53. The molecule has 22 heavy (non-hydrogen) atoms. The fraction of sp³-hybridized carbons (Fsp3) is 0.600. The topological polar surface area (TPSA) is 79.1 Å². The third-order valence-electron chi connectivity index (χ3n) is 3.78. The van der Waals surface area contributed by atoms with E-state index in [-0.39, 0.29) is 17.2 Å². The molecule has 0 amide bonds. The molecule has 7 heteroatoms. The molecule has 0 unspecified atom stereocenters. The van der Waals surface area contributed by atoms with Gasteiger partial charge in [0.1, 0.15) is 0 Å². The van der Waals surface area contributed by atoms with Gasteiger partial charge in [-0.2, -0.15) is 0 Å². The predicted octanol–water partition coefficient (Wildman–Crippen LogP) is 0.721. The summed E-state index contributed by atoms with van der Waals surface area (Å²) >= 11 is 0. The molecule has 1 aliphatic rings. The van der Waals surface area contributed by atoms with Gasteiger partial charge < -0.3 is 9.84 Å². The third kappa shape index (κ3) is 5.34. The van der Waals surface area contributed by atoms with Crippen LogP contribution in [0.25, 0.3) is 0 Å². The fourth-order valence-corrected chi connectivity index (χ4v) is 2.56. The lowest BCUT2D eigenvalue weighted by Gasteiger charge is -2.34. The number of nitrogens with zero attached hydrogens (tertiary/aromatic N) is 3. The molecule has 1 aliphatic heterocycles. The smallest absolute Gasteiger partial charge is 0.269 e. The molecule has 0 bridgehead atoms. The van der Waals surface area contributed by atoms with E-state index in [2.05, 4.69) is 9.80 Å². The molecule has 7 nitrogen and oxygen atoms in total. The van der Waals surface area contributed by atoms with E-state index in [4.69, 9.17) is 9.84 Å². The zero-order valence-electron chi connectivity index (χ0n) is 12.7. The van der Waals surface area contributed by atoms with Gasteiger partial charge in [-0.05, 0) is 5.56 Å². The Labute approximate surface area is 130 Å². The van der Waals surface area contributed by atoms with Crippen LogP contribution in [0.3, 0.4) is 0 Å². The molecule has 1 N–H and O–H groups in total. The molecule has 0 saturated carbocycles. The highest BCUT2D eigenvalue weighted by Crippen LogP contribution is 2.15. The zero-order chi connectivity index (χ0) is 15.8. The van der Waals surface area contributed by atoms with Crippen molar-refractivity contribution in [2.45, 2.75) is 6.54 Å². The van der Waals surface area contributed by atoms with Crippen LogP contribution >= 0.6 is 0 Å². The first-order valence-electron chi connectivity index (χ1n) is 7.55. The molecule has 1 fully saturated rings. The van der Waals surface area contributed by atoms with Crippen molar-refractivity contribution in [3.63, 3.8) is 0 Å². The summed E-state index contributed by atoms with van der Waals surface area (Å²) in [6.07, 6.45) is 0. The van der Waals surface area contributed by atoms with E-state index in [1.807, 2.05) is 6.07 Å². The molecule has 1 aromatic carbocycles. The maximum atomic E-state index is 10.8. The minimum Gasteiger partial charge on any atom is -0.394 e. The van der Waals surface area contributed by atoms with Crippen molar-refractivity contribution in [3.8, 4) is 0 Å². The van der Waals surface area contributed by atoms with Crippen LogP contribution in [0.1, 0.15) is 5.56 Å². The number of benzene rings is 1. The quantitative estimate of drug-likeness (QED) is 0.433. The normalized spacial score (nSPS) is 16.8. The Bertz CT molecular complexity index is 476. The maximum Gasteiger partial charge on any atom is 0.269 e. The lowest BCUT2D eigenvalue weighted by molar-refractivity contribution is -0.384. The van der Waals surface area contributed by atoms with E-state index >= 15 is 0 Å². The van der Waals surface area contributed by atoms with Gasteiger partial charge in [0.2, 0.25) is 0 Å².